The van der Waals surface area contributed by atoms with E-state index in [1.54, 1.807) is 12.1 Å². The van der Waals surface area contributed by atoms with Gasteiger partial charge in [-0.05, 0) is 24.6 Å². The predicted octanol–water partition coefficient (Wildman–Crippen LogP) is 2.20. The molecule has 0 bridgehead atoms. The fourth-order valence-corrected chi connectivity index (χ4v) is 1.19. The first-order valence-corrected chi connectivity index (χ1v) is 5.28. The predicted molar refractivity (Wildman–Crippen MR) is 61.2 cm³/mol. The van der Waals surface area contributed by atoms with Crippen molar-refractivity contribution in [1.82, 2.24) is 0 Å². The minimum absolute atomic E-state index is 0.346. The third kappa shape index (κ3) is 3.64. The molecule has 0 heterocycles. The summed E-state index contributed by atoms with van der Waals surface area (Å²) in [5.41, 5.74) is 0.346. The monoisotopic (exact) mass is 240 g/mol. The van der Waals surface area contributed by atoms with E-state index in [0.717, 1.165) is 6.42 Å². The number of ether oxygens (including phenoxy) is 2. The van der Waals surface area contributed by atoms with Crippen molar-refractivity contribution in [3.63, 3.8) is 0 Å². The van der Waals surface area contributed by atoms with E-state index >= 15 is 0 Å². The molecule has 1 aromatic carbocycles. The number of carbonyl (C=O) groups is 1. The molecule has 1 rings (SSSR count). The zero-order valence-electron chi connectivity index (χ0n) is 10.2. The lowest BCUT2D eigenvalue weighted by Crippen LogP contribution is -2.07. The van der Waals surface area contributed by atoms with E-state index in [1.807, 2.05) is 6.92 Å². The van der Waals surface area contributed by atoms with Crippen LogP contribution in [0, 0.1) is 0 Å². The SMILES string of the molecule is CCCOOC(=O)c1ccc(OC)c(OC)c1. The maximum Gasteiger partial charge on any atom is 0.373 e. The standard InChI is InChI=1S/C12H16O5/c1-4-7-16-17-12(13)9-5-6-10(14-2)11(8-9)15-3/h5-6,8H,4,7H2,1-3H3. The van der Waals surface area contributed by atoms with Gasteiger partial charge in [-0.2, -0.15) is 4.89 Å². The van der Waals surface area contributed by atoms with Crippen LogP contribution < -0.4 is 9.47 Å². The highest BCUT2D eigenvalue weighted by atomic mass is 17.2. The number of hydrogen-bond acceptors (Lipinski definition) is 5. The van der Waals surface area contributed by atoms with Crippen LogP contribution in [0.1, 0.15) is 23.7 Å². The van der Waals surface area contributed by atoms with Crippen LogP contribution in [0.5, 0.6) is 11.5 Å². The molecule has 94 valence electrons. The van der Waals surface area contributed by atoms with Gasteiger partial charge in [0, 0.05) is 0 Å². The number of benzene rings is 1. The highest BCUT2D eigenvalue weighted by Crippen LogP contribution is 2.27. The zero-order chi connectivity index (χ0) is 12.7. The minimum atomic E-state index is -0.556. The minimum Gasteiger partial charge on any atom is -0.493 e. The molecule has 0 aromatic heterocycles. The Labute approximate surface area is 100 Å². The highest BCUT2D eigenvalue weighted by molar-refractivity contribution is 5.89. The Hall–Kier alpha value is -1.75. The Morgan fingerprint density at radius 1 is 1.18 bits per heavy atom. The van der Waals surface area contributed by atoms with Crippen molar-refractivity contribution in [3.05, 3.63) is 23.8 Å². The van der Waals surface area contributed by atoms with E-state index < -0.39 is 5.97 Å². The Balaban J connectivity index is 2.74. The van der Waals surface area contributed by atoms with Crippen LogP contribution in [-0.2, 0) is 9.78 Å². The van der Waals surface area contributed by atoms with E-state index in [-0.39, 0.29) is 0 Å². The molecule has 0 saturated carbocycles. The van der Waals surface area contributed by atoms with Crippen molar-refractivity contribution < 1.29 is 24.0 Å². The lowest BCUT2D eigenvalue weighted by Gasteiger charge is -2.08. The van der Waals surface area contributed by atoms with Gasteiger partial charge in [0.25, 0.3) is 0 Å². The van der Waals surface area contributed by atoms with Gasteiger partial charge in [-0.15, -0.1) is 0 Å². The van der Waals surface area contributed by atoms with Crippen LogP contribution in [0.15, 0.2) is 18.2 Å². The summed E-state index contributed by atoms with van der Waals surface area (Å²) >= 11 is 0. The van der Waals surface area contributed by atoms with Gasteiger partial charge in [0.1, 0.15) is 0 Å². The lowest BCUT2D eigenvalue weighted by molar-refractivity contribution is -0.240. The fourth-order valence-electron chi connectivity index (χ4n) is 1.19. The molecule has 0 atom stereocenters. The Bertz CT molecular complexity index is 375. The van der Waals surface area contributed by atoms with Crippen molar-refractivity contribution in [2.24, 2.45) is 0 Å². The van der Waals surface area contributed by atoms with Gasteiger partial charge in [0.15, 0.2) is 11.5 Å². The maximum atomic E-state index is 11.5. The van der Waals surface area contributed by atoms with Gasteiger partial charge in [-0.1, -0.05) is 6.92 Å². The van der Waals surface area contributed by atoms with Crippen LogP contribution in [0.4, 0.5) is 0 Å². The third-order valence-corrected chi connectivity index (χ3v) is 2.04. The molecular formula is C12H16O5. The molecule has 0 saturated heterocycles. The Kier molecular flexibility index (Phi) is 5.29. The number of carbonyl (C=O) groups excluding carboxylic acids is 1. The number of methoxy groups -OCH3 is 2. The first-order valence-electron chi connectivity index (χ1n) is 5.28. The van der Waals surface area contributed by atoms with E-state index in [4.69, 9.17) is 14.4 Å². The molecule has 1 aromatic rings. The zero-order valence-corrected chi connectivity index (χ0v) is 10.2. The van der Waals surface area contributed by atoms with Crippen molar-refractivity contribution in [2.45, 2.75) is 13.3 Å². The molecule has 0 aliphatic heterocycles. The number of hydrogen-bond donors (Lipinski definition) is 0. The van der Waals surface area contributed by atoms with E-state index in [2.05, 4.69) is 4.89 Å². The van der Waals surface area contributed by atoms with Gasteiger partial charge in [0.2, 0.25) is 0 Å². The summed E-state index contributed by atoms with van der Waals surface area (Å²) in [6.07, 6.45) is 0.777. The van der Waals surface area contributed by atoms with Gasteiger partial charge in [0.05, 0.1) is 26.4 Å². The van der Waals surface area contributed by atoms with Crippen LogP contribution in [0.25, 0.3) is 0 Å². The van der Waals surface area contributed by atoms with Gasteiger partial charge in [-0.25, -0.2) is 4.79 Å². The number of rotatable bonds is 6. The van der Waals surface area contributed by atoms with Gasteiger partial charge < -0.3 is 9.47 Å². The first kappa shape index (κ1) is 13.3. The van der Waals surface area contributed by atoms with Crippen LogP contribution in [0.3, 0.4) is 0 Å². The summed E-state index contributed by atoms with van der Waals surface area (Å²) in [4.78, 5) is 20.9. The topological polar surface area (TPSA) is 54.0 Å². The normalized spacial score (nSPS) is 9.82. The van der Waals surface area contributed by atoms with E-state index in [9.17, 15) is 4.79 Å². The molecule has 0 spiro atoms. The molecule has 17 heavy (non-hydrogen) atoms. The average molecular weight is 240 g/mol. The fraction of sp³-hybridized carbons (Fsp3) is 0.417. The summed E-state index contributed by atoms with van der Waals surface area (Å²) < 4.78 is 10.1. The summed E-state index contributed by atoms with van der Waals surface area (Å²) in [5.74, 6) is 0.468. The maximum absolute atomic E-state index is 11.5. The lowest BCUT2D eigenvalue weighted by atomic mass is 10.2. The largest absolute Gasteiger partial charge is 0.493 e. The molecule has 0 unspecified atom stereocenters. The Morgan fingerprint density at radius 2 is 1.88 bits per heavy atom. The molecule has 5 nitrogen and oxygen atoms in total. The van der Waals surface area contributed by atoms with Gasteiger partial charge >= 0.3 is 5.97 Å². The quantitative estimate of drug-likeness (QED) is 0.433. The molecule has 0 aliphatic rings. The smallest absolute Gasteiger partial charge is 0.373 e. The molecule has 0 amide bonds. The van der Waals surface area contributed by atoms with Gasteiger partial charge in [-0.3, -0.25) is 4.89 Å². The molecule has 5 heteroatoms. The van der Waals surface area contributed by atoms with Crippen molar-refractivity contribution >= 4 is 5.97 Å². The molecular weight excluding hydrogens is 224 g/mol. The second-order valence-corrected chi connectivity index (χ2v) is 3.26. The van der Waals surface area contributed by atoms with Crippen LogP contribution in [0.2, 0.25) is 0 Å². The van der Waals surface area contributed by atoms with Crippen LogP contribution in [-0.4, -0.2) is 26.8 Å². The second-order valence-electron chi connectivity index (χ2n) is 3.26. The highest BCUT2D eigenvalue weighted by Gasteiger charge is 2.12. The van der Waals surface area contributed by atoms with Crippen molar-refractivity contribution in [2.75, 3.05) is 20.8 Å². The third-order valence-electron chi connectivity index (χ3n) is 2.04. The average Bonchev–Trinajstić information content (AvgIpc) is 2.38. The molecule has 0 aliphatic carbocycles. The van der Waals surface area contributed by atoms with E-state index in [0.29, 0.717) is 23.7 Å². The van der Waals surface area contributed by atoms with Crippen molar-refractivity contribution in [1.29, 1.82) is 0 Å². The molecule has 0 radical (unpaired) electrons. The summed E-state index contributed by atoms with van der Waals surface area (Å²) in [6, 6.07) is 4.75. The summed E-state index contributed by atoms with van der Waals surface area (Å²) in [5, 5.41) is 0. The van der Waals surface area contributed by atoms with E-state index in [1.165, 1.54) is 20.3 Å². The molecule has 0 N–H and O–H groups in total. The summed E-state index contributed by atoms with van der Waals surface area (Å²) in [7, 11) is 3.03. The first-order chi connectivity index (χ1) is 8.22. The summed E-state index contributed by atoms with van der Waals surface area (Å²) in [6.45, 7) is 2.29. The van der Waals surface area contributed by atoms with Crippen molar-refractivity contribution in [3.8, 4) is 11.5 Å². The Morgan fingerprint density at radius 3 is 2.47 bits per heavy atom. The second kappa shape index (κ2) is 6.75. The van der Waals surface area contributed by atoms with Crippen LogP contribution >= 0.6 is 0 Å². The molecule has 0 fully saturated rings.